The van der Waals surface area contributed by atoms with E-state index in [1.54, 1.807) is 0 Å². The molecule has 0 N–H and O–H groups in total. The van der Waals surface area contributed by atoms with Crippen LogP contribution in [0.3, 0.4) is 0 Å². The minimum Gasteiger partial charge on any atom is -0.370 e. The van der Waals surface area contributed by atoms with Gasteiger partial charge in [0, 0.05) is 30.7 Å². The minimum absolute atomic E-state index is 0.922. The standard InChI is InChI=1S/C14H23BrN2/c1-4-9-17(11-10-16(2)3)14-8-6-5-7-13(14)12-15/h5-8H,4,9-12H2,1-3H3. The molecule has 0 radical (unpaired) electrons. The summed E-state index contributed by atoms with van der Waals surface area (Å²) in [4.78, 5) is 4.72. The lowest BCUT2D eigenvalue weighted by Gasteiger charge is -2.27. The Labute approximate surface area is 114 Å². The number of rotatable bonds is 7. The summed E-state index contributed by atoms with van der Waals surface area (Å²) < 4.78 is 0. The molecule has 0 saturated carbocycles. The fourth-order valence-corrected chi connectivity index (χ4v) is 2.35. The number of nitrogens with zero attached hydrogens (tertiary/aromatic N) is 2. The Bertz CT molecular complexity index is 326. The van der Waals surface area contributed by atoms with Crippen molar-refractivity contribution in [3.05, 3.63) is 29.8 Å². The first kappa shape index (κ1) is 14.5. The minimum atomic E-state index is 0.922. The van der Waals surface area contributed by atoms with Crippen LogP contribution in [0, 0.1) is 0 Å². The summed E-state index contributed by atoms with van der Waals surface area (Å²) in [6.07, 6.45) is 1.18. The zero-order chi connectivity index (χ0) is 12.7. The first-order chi connectivity index (χ1) is 8.19. The number of anilines is 1. The molecule has 1 rings (SSSR count). The average molecular weight is 299 g/mol. The molecular weight excluding hydrogens is 276 g/mol. The number of hydrogen-bond donors (Lipinski definition) is 0. The number of halogens is 1. The van der Waals surface area contributed by atoms with Crippen LogP contribution in [0.25, 0.3) is 0 Å². The van der Waals surface area contributed by atoms with Crippen LogP contribution in [0.2, 0.25) is 0 Å². The van der Waals surface area contributed by atoms with E-state index in [4.69, 9.17) is 0 Å². The van der Waals surface area contributed by atoms with E-state index in [1.165, 1.54) is 17.7 Å². The predicted octanol–water partition coefficient (Wildman–Crippen LogP) is 3.36. The third kappa shape index (κ3) is 4.68. The summed E-state index contributed by atoms with van der Waals surface area (Å²) in [6.45, 7) is 5.54. The maximum atomic E-state index is 3.57. The summed E-state index contributed by atoms with van der Waals surface area (Å²) in [5.41, 5.74) is 2.74. The van der Waals surface area contributed by atoms with Gasteiger partial charge in [-0.1, -0.05) is 41.1 Å². The molecule has 0 unspecified atom stereocenters. The van der Waals surface area contributed by atoms with Crippen molar-refractivity contribution >= 4 is 21.6 Å². The van der Waals surface area contributed by atoms with E-state index >= 15 is 0 Å². The topological polar surface area (TPSA) is 6.48 Å². The second-order valence-corrected chi connectivity index (χ2v) is 5.11. The normalized spacial score (nSPS) is 10.9. The summed E-state index contributed by atoms with van der Waals surface area (Å²) in [5.74, 6) is 0. The Morgan fingerprint density at radius 1 is 1.06 bits per heavy atom. The van der Waals surface area contributed by atoms with Crippen LogP contribution in [0.15, 0.2) is 24.3 Å². The highest BCUT2D eigenvalue weighted by molar-refractivity contribution is 9.08. The van der Waals surface area contributed by atoms with E-state index < -0.39 is 0 Å². The molecule has 0 atom stereocenters. The van der Waals surface area contributed by atoms with Crippen molar-refractivity contribution in [1.29, 1.82) is 0 Å². The molecule has 0 aliphatic carbocycles. The van der Waals surface area contributed by atoms with Crippen molar-refractivity contribution in [3.63, 3.8) is 0 Å². The highest BCUT2D eigenvalue weighted by Crippen LogP contribution is 2.22. The van der Waals surface area contributed by atoms with Crippen LogP contribution in [-0.2, 0) is 5.33 Å². The molecule has 0 spiro atoms. The molecule has 96 valence electrons. The van der Waals surface area contributed by atoms with E-state index in [0.29, 0.717) is 0 Å². The maximum Gasteiger partial charge on any atom is 0.0407 e. The van der Waals surface area contributed by atoms with Crippen molar-refractivity contribution in [3.8, 4) is 0 Å². The highest BCUT2D eigenvalue weighted by Gasteiger charge is 2.09. The number of likely N-dealkylation sites (N-methyl/N-ethyl adjacent to an activating group) is 1. The van der Waals surface area contributed by atoms with Crippen LogP contribution in [0.1, 0.15) is 18.9 Å². The van der Waals surface area contributed by atoms with Crippen molar-refractivity contribution in [2.75, 3.05) is 38.6 Å². The zero-order valence-electron chi connectivity index (χ0n) is 11.1. The highest BCUT2D eigenvalue weighted by atomic mass is 79.9. The average Bonchev–Trinajstić information content (AvgIpc) is 2.34. The van der Waals surface area contributed by atoms with Crippen LogP contribution in [0.4, 0.5) is 5.69 Å². The molecule has 0 aliphatic rings. The number of para-hydroxylation sites is 1. The number of hydrogen-bond acceptors (Lipinski definition) is 2. The zero-order valence-corrected chi connectivity index (χ0v) is 12.7. The SMILES string of the molecule is CCCN(CCN(C)C)c1ccccc1CBr. The number of benzene rings is 1. The first-order valence-corrected chi connectivity index (χ1v) is 7.34. The molecule has 0 aromatic heterocycles. The molecular formula is C14H23BrN2. The third-order valence-electron chi connectivity index (χ3n) is 2.79. The van der Waals surface area contributed by atoms with Crippen molar-refractivity contribution < 1.29 is 0 Å². The summed E-state index contributed by atoms with van der Waals surface area (Å²) in [7, 11) is 4.25. The molecule has 3 heteroatoms. The van der Waals surface area contributed by atoms with Gasteiger partial charge in [0.15, 0.2) is 0 Å². The van der Waals surface area contributed by atoms with Gasteiger partial charge in [-0.25, -0.2) is 0 Å². The van der Waals surface area contributed by atoms with Crippen molar-refractivity contribution in [2.24, 2.45) is 0 Å². The molecule has 0 fully saturated rings. The van der Waals surface area contributed by atoms with Crippen molar-refractivity contribution in [1.82, 2.24) is 4.90 Å². The van der Waals surface area contributed by atoms with Gasteiger partial charge in [0.1, 0.15) is 0 Å². The molecule has 1 aromatic carbocycles. The van der Waals surface area contributed by atoms with Gasteiger partial charge in [0.25, 0.3) is 0 Å². The molecule has 0 heterocycles. The fourth-order valence-electron chi connectivity index (χ4n) is 1.88. The molecule has 1 aromatic rings. The monoisotopic (exact) mass is 298 g/mol. The Morgan fingerprint density at radius 2 is 1.76 bits per heavy atom. The van der Waals surface area contributed by atoms with E-state index in [0.717, 1.165) is 25.0 Å². The largest absolute Gasteiger partial charge is 0.370 e. The van der Waals surface area contributed by atoms with Gasteiger partial charge in [-0.3, -0.25) is 0 Å². The quantitative estimate of drug-likeness (QED) is 0.712. The summed E-state index contributed by atoms with van der Waals surface area (Å²) >= 11 is 3.57. The Hall–Kier alpha value is -0.540. The summed E-state index contributed by atoms with van der Waals surface area (Å²) in [5, 5.41) is 0.922. The lowest BCUT2D eigenvalue weighted by Crippen LogP contribution is -2.32. The predicted molar refractivity (Wildman–Crippen MR) is 80.1 cm³/mol. The molecule has 0 saturated heterocycles. The van der Waals surface area contributed by atoms with E-state index in [-0.39, 0.29) is 0 Å². The number of alkyl halides is 1. The van der Waals surface area contributed by atoms with Gasteiger partial charge in [-0.2, -0.15) is 0 Å². The lowest BCUT2D eigenvalue weighted by molar-refractivity contribution is 0.413. The van der Waals surface area contributed by atoms with Crippen LogP contribution < -0.4 is 4.90 Å². The molecule has 0 bridgehead atoms. The lowest BCUT2D eigenvalue weighted by atomic mass is 10.1. The second-order valence-electron chi connectivity index (χ2n) is 4.55. The maximum absolute atomic E-state index is 3.57. The first-order valence-electron chi connectivity index (χ1n) is 6.22. The van der Waals surface area contributed by atoms with Gasteiger partial charge in [0.05, 0.1) is 0 Å². The molecule has 2 nitrogen and oxygen atoms in total. The third-order valence-corrected chi connectivity index (χ3v) is 3.39. The van der Waals surface area contributed by atoms with Crippen LogP contribution in [-0.4, -0.2) is 38.6 Å². The summed E-state index contributed by atoms with van der Waals surface area (Å²) in [6, 6.07) is 8.65. The Kier molecular flexibility index (Phi) is 6.60. The van der Waals surface area contributed by atoms with E-state index in [1.807, 2.05) is 0 Å². The van der Waals surface area contributed by atoms with Gasteiger partial charge in [-0.15, -0.1) is 0 Å². The Balaban J connectivity index is 2.80. The fraction of sp³-hybridized carbons (Fsp3) is 0.571. The van der Waals surface area contributed by atoms with E-state index in [2.05, 4.69) is 71.0 Å². The molecule has 0 amide bonds. The van der Waals surface area contributed by atoms with Gasteiger partial charge < -0.3 is 9.80 Å². The van der Waals surface area contributed by atoms with E-state index in [9.17, 15) is 0 Å². The molecule has 17 heavy (non-hydrogen) atoms. The second kappa shape index (κ2) is 7.72. The van der Waals surface area contributed by atoms with Crippen LogP contribution >= 0.6 is 15.9 Å². The Morgan fingerprint density at radius 3 is 2.35 bits per heavy atom. The van der Waals surface area contributed by atoms with Crippen LogP contribution in [0.5, 0.6) is 0 Å². The van der Waals surface area contributed by atoms with Gasteiger partial charge in [-0.05, 0) is 32.1 Å². The molecule has 0 aliphatic heterocycles. The van der Waals surface area contributed by atoms with Gasteiger partial charge >= 0.3 is 0 Å². The van der Waals surface area contributed by atoms with Gasteiger partial charge in [0.2, 0.25) is 0 Å². The van der Waals surface area contributed by atoms with Crippen molar-refractivity contribution in [2.45, 2.75) is 18.7 Å². The smallest absolute Gasteiger partial charge is 0.0407 e.